The Bertz CT molecular complexity index is 1000. The van der Waals surface area contributed by atoms with Gasteiger partial charge in [-0.15, -0.1) is 0 Å². The molecule has 0 atom stereocenters. The predicted octanol–water partition coefficient (Wildman–Crippen LogP) is 1.91. The molecule has 8 nitrogen and oxygen atoms in total. The predicted molar refractivity (Wildman–Crippen MR) is 107 cm³/mol. The van der Waals surface area contributed by atoms with E-state index in [9.17, 15) is 23.1 Å². The topological polar surface area (TPSA) is 116 Å². The van der Waals surface area contributed by atoms with Crippen LogP contribution in [0.25, 0.3) is 0 Å². The van der Waals surface area contributed by atoms with Crippen molar-refractivity contribution >= 4 is 33.4 Å². The van der Waals surface area contributed by atoms with Gasteiger partial charge in [0.25, 0.3) is 5.91 Å². The maximum Gasteiger partial charge on any atom is 0.273 e. The first-order valence-corrected chi connectivity index (χ1v) is 10.7. The lowest BCUT2D eigenvalue weighted by Crippen LogP contribution is -2.48. The van der Waals surface area contributed by atoms with E-state index in [0.29, 0.717) is 17.9 Å². The lowest BCUT2D eigenvalue weighted by molar-refractivity contribution is -0.126. The minimum absolute atomic E-state index is 0.0386. The van der Waals surface area contributed by atoms with Crippen LogP contribution in [-0.2, 0) is 14.8 Å². The van der Waals surface area contributed by atoms with E-state index >= 15 is 0 Å². The zero-order valence-electron chi connectivity index (χ0n) is 15.3. The second kappa shape index (κ2) is 8.81. The van der Waals surface area contributed by atoms with Crippen LogP contribution in [0.15, 0.2) is 53.4 Å². The van der Waals surface area contributed by atoms with Crippen LogP contribution >= 0.6 is 11.6 Å². The number of phenols is 1. The second-order valence-electron chi connectivity index (χ2n) is 6.59. The summed E-state index contributed by atoms with van der Waals surface area (Å²) >= 11 is 5.80. The van der Waals surface area contributed by atoms with E-state index in [0.717, 1.165) is 0 Å². The number of phenolic OH excluding ortho intramolecular Hbond substituents is 1. The zero-order chi connectivity index (χ0) is 21.0. The molecule has 2 amide bonds. The van der Waals surface area contributed by atoms with E-state index in [2.05, 4.69) is 10.9 Å². The average Bonchev–Trinajstić information content (AvgIpc) is 2.72. The summed E-state index contributed by atoms with van der Waals surface area (Å²) in [6.07, 6.45) is 0.649. The van der Waals surface area contributed by atoms with E-state index in [1.165, 1.54) is 40.7 Å². The van der Waals surface area contributed by atoms with Crippen molar-refractivity contribution in [2.24, 2.45) is 5.92 Å². The van der Waals surface area contributed by atoms with Crippen molar-refractivity contribution in [3.05, 3.63) is 59.1 Å². The van der Waals surface area contributed by atoms with Gasteiger partial charge in [0.2, 0.25) is 15.9 Å². The monoisotopic (exact) mass is 437 g/mol. The number of benzene rings is 2. The SMILES string of the molecule is O=C(NNC(=O)C1CCN(S(=O)(=O)c2ccc(Cl)cc2)CC1)c1ccccc1O. The lowest BCUT2D eigenvalue weighted by Gasteiger charge is -2.30. The number of amides is 2. The fourth-order valence-electron chi connectivity index (χ4n) is 3.07. The van der Waals surface area contributed by atoms with Crippen molar-refractivity contribution in [2.45, 2.75) is 17.7 Å². The maximum atomic E-state index is 12.7. The number of carbonyl (C=O) groups excluding carboxylic acids is 2. The summed E-state index contributed by atoms with van der Waals surface area (Å²) in [5.41, 5.74) is 4.64. The molecule has 3 rings (SSSR count). The van der Waals surface area contributed by atoms with Crippen LogP contribution in [0.1, 0.15) is 23.2 Å². The highest BCUT2D eigenvalue weighted by Crippen LogP contribution is 2.25. The lowest BCUT2D eigenvalue weighted by atomic mass is 9.98. The highest BCUT2D eigenvalue weighted by Gasteiger charge is 2.32. The smallest absolute Gasteiger partial charge is 0.273 e. The molecular formula is C19H20ClN3O5S. The van der Waals surface area contributed by atoms with Crippen molar-refractivity contribution in [3.8, 4) is 5.75 Å². The minimum atomic E-state index is -3.65. The standard InChI is InChI=1S/C19H20ClN3O5S/c20-14-5-7-15(8-6-14)29(27,28)23-11-9-13(10-12-23)18(25)21-22-19(26)16-3-1-2-4-17(16)24/h1-8,13,24H,9-12H2,(H,21,25)(H,22,26). The highest BCUT2D eigenvalue weighted by molar-refractivity contribution is 7.89. The zero-order valence-corrected chi connectivity index (χ0v) is 16.9. The molecule has 0 bridgehead atoms. The van der Waals surface area contributed by atoms with Crippen molar-refractivity contribution in [1.29, 1.82) is 0 Å². The second-order valence-corrected chi connectivity index (χ2v) is 8.97. The van der Waals surface area contributed by atoms with Crippen molar-refractivity contribution in [1.82, 2.24) is 15.2 Å². The number of hydrogen-bond donors (Lipinski definition) is 3. The number of para-hydroxylation sites is 1. The van der Waals surface area contributed by atoms with Gasteiger partial charge in [-0.1, -0.05) is 23.7 Å². The van der Waals surface area contributed by atoms with Gasteiger partial charge in [-0.05, 0) is 49.2 Å². The molecule has 2 aromatic carbocycles. The molecule has 10 heteroatoms. The first-order valence-electron chi connectivity index (χ1n) is 8.93. The van der Waals surface area contributed by atoms with Gasteiger partial charge in [0.15, 0.2) is 0 Å². The van der Waals surface area contributed by atoms with Crippen molar-refractivity contribution < 1.29 is 23.1 Å². The molecule has 1 aliphatic heterocycles. The van der Waals surface area contributed by atoms with Gasteiger partial charge in [-0.3, -0.25) is 20.4 Å². The normalized spacial score (nSPS) is 15.6. The Kier molecular flexibility index (Phi) is 6.41. The van der Waals surface area contributed by atoms with Gasteiger partial charge in [-0.2, -0.15) is 4.31 Å². The number of nitrogens with zero attached hydrogens (tertiary/aromatic N) is 1. The number of piperidine rings is 1. The van der Waals surface area contributed by atoms with E-state index in [4.69, 9.17) is 11.6 Å². The molecule has 3 N–H and O–H groups in total. The molecule has 1 fully saturated rings. The third-order valence-electron chi connectivity index (χ3n) is 4.72. The Morgan fingerprint density at radius 3 is 2.24 bits per heavy atom. The molecule has 2 aromatic rings. The van der Waals surface area contributed by atoms with E-state index in [1.54, 1.807) is 12.1 Å². The van der Waals surface area contributed by atoms with E-state index in [-0.39, 0.29) is 29.3 Å². The van der Waals surface area contributed by atoms with Gasteiger partial charge in [0, 0.05) is 24.0 Å². The van der Waals surface area contributed by atoms with Crippen LogP contribution in [-0.4, -0.2) is 42.7 Å². The molecule has 1 aliphatic rings. The van der Waals surface area contributed by atoms with Crippen LogP contribution < -0.4 is 10.9 Å². The molecule has 1 heterocycles. The Labute approximate surface area is 173 Å². The van der Waals surface area contributed by atoms with Gasteiger partial charge >= 0.3 is 0 Å². The number of nitrogens with one attached hydrogen (secondary N) is 2. The van der Waals surface area contributed by atoms with Gasteiger partial charge in [0.05, 0.1) is 10.5 Å². The molecule has 0 unspecified atom stereocenters. The molecule has 0 aromatic heterocycles. The summed E-state index contributed by atoms with van der Waals surface area (Å²) in [7, 11) is -3.65. The third kappa shape index (κ3) is 4.87. The van der Waals surface area contributed by atoms with Crippen LogP contribution in [0, 0.1) is 5.92 Å². The van der Waals surface area contributed by atoms with Crippen LogP contribution in [0.3, 0.4) is 0 Å². The highest BCUT2D eigenvalue weighted by atomic mass is 35.5. The van der Waals surface area contributed by atoms with Crippen LogP contribution in [0.4, 0.5) is 0 Å². The molecule has 0 spiro atoms. The number of sulfonamides is 1. The third-order valence-corrected chi connectivity index (χ3v) is 6.89. The number of hydrogen-bond acceptors (Lipinski definition) is 5. The van der Waals surface area contributed by atoms with E-state index < -0.39 is 27.8 Å². The first-order chi connectivity index (χ1) is 13.8. The summed E-state index contributed by atoms with van der Waals surface area (Å²) in [6.45, 7) is 0.382. The largest absolute Gasteiger partial charge is 0.507 e. The Balaban J connectivity index is 1.53. The number of aromatic hydroxyl groups is 1. The fourth-order valence-corrected chi connectivity index (χ4v) is 4.66. The Morgan fingerprint density at radius 2 is 1.62 bits per heavy atom. The van der Waals surface area contributed by atoms with Gasteiger partial charge in [0.1, 0.15) is 5.75 Å². The van der Waals surface area contributed by atoms with Crippen LogP contribution in [0.5, 0.6) is 5.75 Å². The molecular weight excluding hydrogens is 418 g/mol. The molecule has 29 heavy (non-hydrogen) atoms. The number of carbonyl (C=O) groups is 2. The Morgan fingerprint density at radius 1 is 1.00 bits per heavy atom. The molecule has 0 saturated carbocycles. The molecule has 0 radical (unpaired) electrons. The number of hydrazine groups is 1. The van der Waals surface area contributed by atoms with Crippen molar-refractivity contribution in [2.75, 3.05) is 13.1 Å². The number of halogens is 1. The summed E-state index contributed by atoms with van der Waals surface area (Å²) in [6, 6.07) is 11.9. The minimum Gasteiger partial charge on any atom is -0.507 e. The summed E-state index contributed by atoms with van der Waals surface area (Å²) in [4.78, 5) is 24.5. The quantitative estimate of drug-likeness (QED) is 0.632. The van der Waals surface area contributed by atoms with Crippen LogP contribution in [0.2, 0.25) is 5.02 Å². The molecule has 0 aliphatic carbocycles. The summed E-state index contributed by atoms with van der Waals surface area (Å²) < 4.78 is 26.7. The van der Waals surface area contributed by atoms with E-state index in [1.807, 2.05) is 0 Å². The first kappa shape index (κ1) is 21.1. The Hall–Kier alpha value is -2.62. The summed E-state index contributed by atoms with van der Waals surface area (Å²) in [5, 5.41) is 10.1. The number of rotatable bonds is 4. The van der Waals surface area contributed by atoms with Crippen molar-refractivity contribution in [3.63, 3.8) is 0 Å². The average molecular weight is 438 g/mol. The maximum absolute atomic E-state index is 12.7. The molecule has 154 valence electrons. The van der Waals surface area contributed by atoms with Gasteiger partial charge in [-0.25, -0.2) is 8.42 Å². The fraction of sp³-hybridized carbons (Fsp3) is 0.263. The summed E-state index contributed by atoms with van der Waals surface area (Å²) in [5.74, 6) is -1.67. The molecule has 1 saturated heterocycles. The van der Waals surface area contributed by atoms with Gasteiger partial charge < -0.3 is 5.11 Å².